The molecule has 0 amide bonds. The van der Waals surface area contributed by atoms with Gasteiger partial charge in [0.15, 0.2) is 0 Å². The van der Waals surface area contributed by atoms with Gasteiger partial charge in [-0.05, 0) is 44.5 Å². The predicted molar refractivity (Wildman–Crippen MR) is 116 cm³/mol. The van der Waals surface area contributed by atoms with E-state index in [1.165, 1.54) is 6.33 Å². The Labute approximate surface area is 180 Å². The standard InChI is InChI=1S/C22H21ClN6O/c1-22(2,30)15-3-4-20(25-11-15)28-21-18-5-6-29(12-19(18)26-13-27-21)17-8-14(10-24)7-16(23)9-17/h3-4,7-9,11,13,30H,5-6,12H2,1-2H3,(H,25,26,27,28). The third-order valence-corrected chi connectivity index (χ3v) is 5.32. The van der Waals surface area contributed by atoms with Gasteiger partial charge in [-0.3, -0.25) is 0 Å². The van der Waals surface area contributed by atoms with E-state index in [4.69, 9.17) is 11.6 Å². The Kier molecular flexibility index (Phi) is 5.29. The van der Waals surface area contributed by atoms with E-state index >= 15 is 0 Å². The van der Waals surface area contributed by atoms with Crippen LogP contribution in [0.2, 0.25) is 5.02 Å². The van der Waals surface area contributed by atoms with Crippen LogP contribution in [0.3, 0.4) is 0 Å². The summed E-state index contributed by atoms with van der Waals surface area (Å²) >= 11 is 6.17. The summed E-state index contributed by atoms with van der Waals surface area (Å²) in [6, 6.07) is 11.2. The molecule has 4 rings (SSSR count). The number of benzene rings is 1. The van der Waals surface area contributed by atoms with Crippen molar-refractivity contribution in [3.05, 3.63) is 70.3 Å². The van der Waals surface area contributed by atoms with Crippen molar-refractivity contribution in [2.24, 2.45) is 0 Å². The molecule has 2 aromatic heterocycles. The molecule has 30 heavy (non-hydrogen) atoms. The molecule has 1 aliphatic heterocycles. The number of hydrogen-bond acceptors (Lipinski definition) is 7. The molecule has 0 fully saturated rings. The first-order chi connectivity index (χ1) is 14.3. The topological polar surface area (TPSA) is 98.0 Å². The van der Waals surface area contributed by atoms with Crippen molar-refractivity contribution >= 4 is 28.9 Å². The van der Waals surface area contributed by atoms with Crippen molar-refractivity contribution < 1.29 is 5.11 Å². The fraction of sp³-hybridized carbons (Fsp3) is 0.273. The molecule has 0 saturated carbocycles. The number of rotatable bonds is 4. The SMILES string of the molecule is CC(C)(O)c1ccc(Nc2ncnc3c2CCN(c2cc(Cl)cc(C#N)c2)C3)nc1. The molecule has 0 unspecified atom stereocenters. The maximum atomic E-state index is 10.1. The Hall–Kier alpha value is -3.21. The number of nitrogens with zero attached hydrogens (tertiary/aromatic N) is 5. The molecule has 0 radical (unpaired) electrons. The van der Waals surface area contributed by atoms with E-state index in [9.17, 15) is 10.4 Å². The van der Waals surface area contributed by atoms with Gasteiger partial charge in [-0.25, -0.2) is 15.0 Å². The highest BCUT2D eigenvalue weighted by Crippen LogP contribution is 2.30. The lowest BCUT2D eigenvalue weighted by Gasteiger charge is -2.31. The highest BCUT2D eigenvalue weighted by Gasteiger charge is 2.22. The summed E-state index contributed by atoms with van der Waals surface area (Å²) in [5, 5.41) is 23.1. The van der Waals surface area contributed by atoms with E-state index in [-0.39, 0.29) is 0 Å². The van der Waals surface area contributed by atoms with Crippen molar-refractivity contribution in [2.75, 3.05) is 16.8 Å². The second kappa shape index (κ2) is 7.90. The molecule has 0 spiro atoms. The van der Waals surface area contributed by atoms with Gasteiger partial charge in [0.05, 0.1) is 29.5 Å². The van der Waals surface area contributed by atoms with Crippen molar-refractivity contribution in [3.8, 4) is 6.07 Å². The first-order valence-corrected chi connectivity index (χ1v) is 9.95. The van der Waals surface area contributed by atoms with Gasteiger partial charge < -0.3 is 15.3 Å². The largest absolute Gasteiger partial charge is 0.386 e. The highest BCUT2D eigenvalue weighted by molar-refractivity contribution is 6.31. The van der Waals surface area contributed by atoms with Crippen molar-refractivity contribution in [1.29, 1.82) is 5.26 Å². The summed E-state index contributed by atoms with van der Waals surface area (Å²) in [6.07, 6.45) is 3.94. The van der Waals surface area contributed by atoms with Gasteiger partial charge in [0, 0.05) is 34.6 Å². The third-order valence-electron chi connectivity index (χ3n) is 5.10. The second-order valence-electron chi connectivity index (χ2n) is 7.75. The highest BCUT2D eigenvalue weighted by atomic mass is 35.5. The number of fused-ring (bicyclic) bond motifs is 1. The second-order valence-corrected chi connectivity index (χ2v) is 8.18. The van der Waals surface area contributed by atoms with E-state index in [0.717, 1.165) is 41.3 Å². The number of pyridine rings is 1. The average molecular weight is 421 g/mol. The molecule has 0 atom stereocenters. The number of nitriles is 1. The molecule has 0 saturated heterocycles. The molecule has 3 heterocycles. The minimum absolute atomic E-state index is 0.536. The van der Waals surface area contributed by atoms with Gasteiger partial charge in [0.25, 0.3) is 0 Å². The van der Waals surface area contributed by atoms with Gasteiger partial charge in [-0.2, -0.15) is 5.26 Å². The quantitative estimate of drug-likeness (QED) is 0.659. The van der Waals surface area contributed by atoms with Gasteiger partial charge in [-0.1, -0.05) is 17.7 Å². The van der Waals surface area contributed by atoms with Crippen LogP contribution >= 0.6 is 11.6 Å². The van der Waals surface area contributed by atoms with Crippen LogP contribution in [-0.2, 0) is 18.6 Å². The van der Waals surface area contributed by atoms with Crippen LogP contribution in [0, 0.1) is 11.3 Å². The first kappa shape index (κ1) is 20.1. The lowest BCUT2D eigenvalue weighted by molar-refractivity contribution is 0.0782. The Balaban J connectivity index is 1.56. The lowest BCUT2D eigenvalue weighted by atomic mass is 10.0. The number of nitrogens with one attached hydrogen (secondary N) is 1. The molecule has 2 N–H and O–H groups in total. The summed E-state index contributed by atoms with van der Waals surface area (Å²) < 4.78 is 0. The van der Waals surface area contributed by atoms with Crippen LogP contribution in [0.1, 0.15) is 36.2 Å². The van der Waals surface area contributed by atoms with E-state index in [2.05, 4.69) is 31.2 Å². The predicted octanol–water partition coefficient (Wildman–Crippen LogP) is 3.93. The molecule has 8 heteroatoms. The van der Waals surface area contributed by atoms with E-state index in [1.54, 1.807) is 26.1 Å². The zero-order valence-corrected chi connectivity index (χ0v) is 17.5. The fourth-order valence-corrected chi connectivity index (χ4v) is 3.68. The Bertz CT molecular complexity index is 1120. The van der Waals surface area contributed by atoms with Gasteiger partial charge in [-0.15, -0.1) is 0 Å². The monoisotopic (exact) mass is 420 g/mol. The average Bonchev–Trinajstić information content (AvgIpc) is 2.73. The molecule has 3 aromatic rings. The zero-order valence-electron chi connectivity index (χ0n) is 16.7. The van der Waals surface area contributed by atoms with Gasteiger partial charge in [0.2, 0.25) is 0 Å². The molecular formula is C22H21ClN6O. The number of hydrogen-bond donors (Lipinski definition) is 2. The summed E-state index contributed by atoms with van der Waals surface area (Å²) in [6.45, 7) is 4.81. The molecule has 1 aromatic carbocycles. The van der Waals surface area contributed by atoms with Crippen molar-refractivity contribution in [2.45, 2.75) is 32.4 Å². The Morgan fingerprint density at radius 1 is 1.20 bits per heavy atom. The van der Waals surface area contributed by atoms with E-state index in [1.807, 2.05) is 24.3 Å². The number of aliphatic hydroxyl groups is 1. The first-order valence-electron chi connectivity index (χ1n) is 9.58. The summed E-state index contributed by atoms with van der Waals surface area (Å²) in [4.78, 5) is 15.4. The minimum atomic E-state index is -0.936. The van der Waals surface area contributed by atoms with E-state index < -0.39 is 5.60 Å². The molecule has 0 bridgehead atoms. The molecule has 1 aliphatic rings. The minimum Gasteiger partial charge on any atom is -0.386 e. The molecular weight excluding hydrogens is 400 g/mol. The van der Waals surface area contributed by atoms with Crippen molar-refractivity contribution in [1.82, 2.24) is 15.0 Å². The van der Waals surface area contributed by atoms with E-state index in [0.29, 0.717) is 22.9 Å². The van der Waals surface area contributed by atoms with Crippen LogP contribution in [-0.4, -0.2) is 26.6 Å². The summed E-state index contributed by atoms with van der Waals surface area (Å²) in [5.74, 6) is 1.38. The summed E-state index contributed by atoms with van der Waals surface area (Å²) in [7, 11) is 0. The molecule has 0 aliphatic carbocycles. The lowest BCUT2D eigenvalue weighted by Crippen LogP contribution is -2.31. The van der Waals surface area contributed by atoms with Crippen LogP contribution in [0.5, 0.6) is 0 Å². The van der Waals surface area contributed by atoms with Gasteiger partial charge >= 0.3 is 0 Å². The molecule has 7 nitrogen and oxygen atoms in total. The normalized spacial score (nSPS) is 13.5. The number of halogens is 1. The maximum Gasteiger partial charge on any atom is 0.138 e. The Morgan fingerprint density at radius 2 is 2.03 bits per heavy atom. The van der Waals surface area contributed by atoms with Crippen molar-refractivity contribution in [3.63, 3.8) is 0 Å². The molecule has 152 valence electrons. The van der Waals surface area contributed by atoms with Crippen LogP contribution in [0.25, 0.3) is 0 Å². The van der Waals surface area contributed by atoms with Crippen LogP contribution in [0.15, 0.2) is 42.9 Å². The number of anilines is 3. The Morgan fingerprint density at radius 3 is 2.73 bits per heavy atom. The van der Waals surface area contributed by atoms with Crippen LogP contribution < -0.4 is 10.2 Å². The van der Waals surface area contributed by atoms with Gasteiger partial charge in [0.1, 0.15) is 18.0 Å². The number of aromatic nitrogens is 3. The maximum absolute atomic E-state index is 10.1. The smallest absolute Gasteiger partial charge is 0.138 e. The zero-order chi connectivity index (χ0) is 21.3. The fourth-order valence-electron chi connectivity index (χ4n) is 3.45. The summed E-state index contributed by atoms with van der Waals surface area (Å²) in [5.41, 5.74) is 3.21. The van der Waals surface area contributed by atoms with Crippen LogP contribution in [0.4, 0.5) is 17.3 Å². The third kappa shape index (κ3) is 4.20.